The molecule has 2 heterocycles. The third-order valence-electron chi connectivity index (χ3n) is 6.60. The number of hydrogen-bond acceptors (Lipinski definition) is 10. The van der Waals surface area contributed by atoms with Crippen LogP contribution in [-0.4, -0.2) is 44.9 Å². The van der Waals surface area contributed by atoms with E-state index < -0.39 is 47.8 Å². The van der Waals surface area contributed by atoms with Gasteiger partial charge in [0.15, 0.2) is 11.5 Å². The molecule has 1 N–H and O–H groups in total. The number of ether oxygens (including phenoxy) is 5. The van der Waals surface area contributed by atoms with Gasteiger partial charge in [0.25, 0.3) is 11.8 Å². The van der Waals surface area contributed by atoms with Crippen LogP contribution in [0.5, 0.6) is 34.8 Å². The van der Waals surface area contributed by atoms with Crippen molar-refractivity contribution in [3.63, 3.8) is 0 Å². The maximum absolute atomic E-state index is 16.0. The van der Waals surface area contributed by atoms with Gasteiger partial charge in [0, 0.05) is 31.1 Å². The minimum Gasteiger partial charge on any atom is -0.485 e. The molecule has 5 rings (SSSR count). The Morgan fingerprint density at radius 1 is 1.00 bits per heavy atom. The Labute approximate surface area is 268 Å². The zero-order valence-electron chi connectivity index (χ0n) is 25.2. The molecule has 1 atom stereocenters. The first kappa shape index (κ1) is 32.4. The van der Waals surface area contributed by atoms with Gasteiger partial charge in [0.2, 0.25) is 23.5 Å². The van der Waals surface area contributed by atoms with Gasteiger partial charge in [0.05, 0.1) is 24.8 Å². The van der Waals surface area contributed by atoms with Crippen molar-refractivity contribution in [3.05, 3.63) is 108 Å². The predicted molar refractivity (Wildman–Crippen MR) is 163 cm³/mol. The fraction of sp³-hybridized carbons (Fsp3) is 0.176. The molecule has 0 spiro atoms. The molecule has 11 nitrogen and oxygen atoms in total. The standard InChI is InChI=1S/C34H28F2N4O7/c1-3-43-34(42)27(19-41)46-30-28(35)32(45-24-11-7-10-23(17-24)31-38-14-15-40(31)2)39-33(29(30)36)47-26-16-22(18-37)12-13-25(26)44-20-21-8-5-4-6-9-21/h4-17,27,41H,3,19-20H2,1-2H3. The summed E-state index contributed by atoms with van der Waals surface area (Å²) in [5.41, 5.74) is 1.60. The van der Waals surface area contributed by atoms with Gasteiger partial charge in [-0.15, -0.1) is 0 Å². The molecule has 0 aliphatic rings. The maximum atomic E-state index is 16.0. The van der Waals surface area contributed by atoms with Crippen molar-refractivity contribution < 1.29 is 42.4 Å². The number of aliphatic hydroxyl groups excluding tert-OH is 1. The molecule has 0 saturated carbocycles. The van der Waals surface area contributed by atoms with Gasteiger partial charge in [-0.2, -0.15) is 19.0 Å². The molecule has 0 amide bonds. The van der Waals surface area contributed by atoms with E-state index >= 15 is 8.78 Å². The fourth-order valence-electron chi connectivity index (χ4n) is 4.33. The Balaban J connectivity index is 1.56. The number of aromatic nitrogens is 3. The summed E-state index contributed by atoms with van der Waals surface area (Å²) in [6.07, 6.45) is 1.57. The molecule has 0 fully saturated rings. The van der Waals surface area contributed by atoms with Crippen LogP contribution in [0.1, 0.15) is 18.1 Å². The number of pyridine rings is 1. The first-order valence-corrected chi connectivity index (χ1v) is 14.3. The number of carbonyl (C=O) groups excluding carboxylic acids is 1. The lowest BCUT2D eigenvalue weighted by atomic mass is 10.2. The van der Waals surface area contributed by atoms with Crippen molar-refractivity contribution in [3.8, 4) is 52.2 Å². The van der Waals surface area contributed by atoms with Gasteiger partial charge in [0.1, 0.15) is 18.2 Å². The molecule has 2 aromatic heterocycles. The third-order valence-corrected chi connectivity index (χ3v) is 6.60. The zero-order valence-corrected chi connectivity index (χ0v) is 25.2. The number of esters is 1. The highest BCUT2D eigenvalue weighted by molar-refractivity contribution is 5.75. The van der Waals surface area contributed by atoms with Crippen LogP contribution in [0.3, 0.4) is 0 Å². The van der Waals surface area contributed by atoms with E-state index in [0.717, 1.165) is 5.56 Å². The van der Waals surface area contributed by atoms with Crippen molar-refractivity contribution in [2.24, 2.45) is 7.05 Å². The topological polar surface area (TPSA) is 138 Å². The predicted octanol–water partition coefficient (Wildman–Crippen LogP) is 6.10. The molecule has 3 aromatic carbocycles. The summed E-state index contributed by atoms with van der Waals surface area (Å²) in [6.45, 7) is 0.592. The Bertz CT molecular complexity index is 1910. The van der Waals surface area contributed by atoms with Crippen LogP contribution in [-0.2, 0) is 23.2 Å². The average molecular weight is 643 g/mol. The van der Waals surface area contributed by atoms with E-state index in [4.69, 9.17) is 23.7 Å². The number of imidazole rings is 1. The summed E-state index contributed by atoms with van der Waals surface area (Å²) in [6, 6.07) is 21.9. The summed E-state index contributed by atoms with van der Waals surface area (Å²) in [5.74, 6) is -6.01. The summed E-state index contributed by atoms with van der Waals surface area (Å²) < 4.78 is 61.2. The average Bonchev–Trinajstić information content (AvgIpc) is 3.52. The fourth-order valence-corrected chi connectivity index (χ4v) is 4.33. The van der Waals surface area contributed by atoms with E-state index in [0.29, 0.717) is 11.4 Å². The van der Waals surface area contributed by atoms with Crippen molar-refractivity contribution >= 4 is 5.97 Å². The minimum absolute atomic E-state index is 0.0734. The maximum Gasteiger partial charge on any atom is 0.349 e. The Morgan fingerprint density at radius 2 is 1.77 bits per heavy atom. The lowest BCUT2D eigenvalue weighted by Gasteiger charge is -2.19. The van der Waals surface area contributed by atoms with Gasteiger partial charge in [-0.05, 0) is 36.8 Å². The quantitative estimate of drug-likeness (QED) is 0.150. The van der Waals surface area contributed by atoms with Gasteiger partial charge in [-0.25, -0.2) is 9.78 Å². The SMILES string of the molecule is CCOC(=O)C(CO)Oc1c(F)c(Oc2cccc(-c3nccn3C)c2)nc(Oc2cc(C#N)ccc2OCc2ccccc2)c1F. The Morgan fingerprint density at radius 3 is 2.45 bits per heavy atom. The normalized spacial score (nSPS) is 11.3. The van der Waals surface area contributed by atoms with E-state index in [9.17, 15) is 15.2 Å². The largest absolute Gasteiger partial charge is 0.485 e. The highest BCUT2D eigenvalue weighted by Gasteiger charge is 2.31. The number of halogens is 2. The number of benzene rings is 3. The molecule has 0 bridgehead atoms. The monoisotopic (exact) mass is 642 g/mol. The second kappa shape index (κ2) is 14.9. The van der Waals surface area contributed by atoms with Crippen LogP contribution in [0.2, 0.25) is 0 Å². The van der Waals surface area contributed by atoms with Crippen LogP contribution in [0.25, 0.3) is 11.4 Å². The van der Waals surface area contributed by atoms with E-state index in [-0.39, 0.29) is 36.0 Å². The molecule has 13 heteroatoms. The summed E-state index contributed by atoms with van der Waals surface area (Å²) in [4.78, 5) is 20.6. The number of carbonyl (C=O) groups is 1. The summed E-state index contributed by atoms with van der Waals surface area (Å²) >= 11 is 0. The highest BCUT2D eigenvalue weighted by Crippen LogP contribution is 2.40. The smallest absolute Gasteiger partial charge is 0.349 e. The van der Waals surface area contributed by atoms with Crippen LogP contribution < -0.4 is 18.9 Å². The first-order chi connectivity index (χ1) is 22.8. The highest BCUT2D eigenvalue weighted by atomic mass is 19.1. The van der Waals surface area contributed by atoms with E-state index in [2.05, 4.69) is 9.97 Å². The van der Waals surface area contributed by atoms with Crippen molar-refractivity contribution in [2.45, 2.75) is 19.6 Å². The van der Waals surface area contributed by atoms with Gasteiger partial charge >= 0.3 is 5.97 Å². The van der Waals surface area contributed by atoms with Gasteiger partial charge in [-0.3, -0.25) is 0 Å². The lowest BCUT2D eigenvalue weighted by Crippen LogP contribution is -2.33. The molecule has 0 aliphatic carbocycles. The second-order valence-electron chi connectivity index (χ2n) is 9.86. The van der Waals surface area contributed by atoms with Crippen LogP contribution in [0, 0.1) is 23.0 Å². The van der Waals surface area contributed by atoms with Gasteiger partial charge < -0.3 is 33.4 Å². The molecule has 0 aliphatic heterocycles. The number of rotatable bonds is 13. The molecule has 0 saturated heterocycles. The number of aliphatic hydroxyl groups is 1. The number of aryl methyl sites for hydroxylation is 1. The molecular formula is C34H28F2N4O7. The Kier molecular flexibility index (Phi) is 10.2. The second-order valence-corrected chi connectivity index (χ2v) is 9.86. The van der Waals surface area contributed by atoms with Crippen LogP contribution in [0.15, 0.2) is 85.2 Å². The summed E-state index contributed by atoms with van der Waals surface area (Å²) in [5, 5.41) is 19.3. The van der Waals surface area contributed by atoms with Crippen molar-refractivity contribution in [1.29, 1.82) is 5.26 Å². The number of nitriles is 1. The first-order valence-electron chi connectivity index (χ1n) is 14.3. The van der Waals surface area contributed by atoms with E-state index in [1.807, 2.05) is 36.4 Å². The minimum atomic E-state index is -1.79. The van der Waals surface area contributed by atoms with E-state index in [1.165, 1.54) is 31.2 Å². The number of nitrogens with zero attached hydrogens (tertiary/aromatic N) is 4. The molecule has 1 unspecified atom stereocenters. The summed E-state index contributed by atoms with van der Waals surface area (Å²) in [7, 11) is 1.80. The van der Waals surface area contributed by atoms with Gasteiger partial charge in [-0.1, -0.05) is 42.5 Å². The van der Waals surface area contributed by atoms with Crippen LogP contribution >= 0.6 is 0 Å². The molecule has 0 radical (unpaired) electrons. The Hall–Kier alpha value is -6.00. The van der Waals surface area contributed by atoms with Crippen molar-refractivity contribution in [1.82, 2.24) is 14.5 Å². The van der Waals surface area contributed by atoms with Crippen LogP contribution in [0.4, 0.5) is 8.78 Å². The third kappa shape index (κ3) is 7.63. The molecule has 5 aromatic rings. The zero-order chi connectivity index (χ0) is 33.3. The lowest BCUT2D eigenvalue weighted by molar-refractivity contribution is -0.153. The molecule has 47 heavy (non-hydrogen) atoms. The molecular weight excluding hydrogens is 614 g/mol. The number of hydrogen-bond donors (Lipinski definition) is 1. The molecule has 240 valence electrons. The van der Waals surface area contributed by atoms with Crippen molar-refractivity contribution in [2.75, 3.05) is 13.2 Å². The van der Waals surface area contributed by atoms with E-state index in [1.54, 1.807) is 42.2 Å².